The van der Waals surface area contributed by atoms with E-state index in [9.17, 15) is 9.18 Å². The van der Waals surface area contributed by atoms with Crippen molar-refractivity contribution in [2.75, 3.05) is 6.54 Å². The van der Waals surface area contributed by atoms with Gasteiger partial charge in [-0.15, -0.1) is 0 Å². The number of hydrogen-bond acceptors (Lipinski definition) is 1. The highest BCUT2D eigenvalue weighted by molar-refractivity contribution is 5.77. The molecule has 17 heavy (non-hydrogen) atoms. The molecule has 1 amide bonds. The summed E-state index contributed by atoms with van der Waals surface area (Å²) in [5.41, 5.74) is 0.632. The monoisotopic (exact) mass is 235 g/mol. The highest BCUT2D eigenvalue weighted by Crippen LogP contribution is 2.27. The predicted octanol–water partition coefficient (Wildman–Crippen LogP) is 2.77. The number of rotatable bonds is 5. The molecule has 1 aliphatic carbocycles. The van der Waals surface area contributed by atoms with Crippen LogP contribution in [-0.2, 0) is 11.2 Å². The first kappa shape index (κ1) is 12.1. The largest absolute Gasteiger partial charge is 0.340 e. The summed E-state index contributed by atoms with van der Waals surface area (Å²) < 4.78 is 13.4. The molecular formula is C14H18FNO. The highest BCUT2D eigenvalue weighted by Gasteiger charge is 2.30. The van der Waals surface area contributed by atoms with Crippen molar-refractivity contribution in [1.29, 1.82) is 0 Å². The van der Waals surface area contributed by atoms with Gasteiger partial charge in [0.05, 0.1) is 0 Å². The van der Waals surface area contributed by atoms with E-state index in [4.69, 9.17) is 0 Å². The van der Waals surface area contributed by atoms with Crippen molar-refractivity contribution < 1.29 is 9.18 Å². The molecule has 1 aromatic rings. The maximum atomic E-state index is 13.4. The molecule has 3 heteroatoms. The first-order valence-corrected chi connectivity index (χ1v) is 6.25. The minimum atomic E-state index is -0.213. The van der Waals surface area contributed by atoms with E-state index in [-0.39, 0.29) is 11.7 Å². The van der Waals surface area contributed by atoms with E-state index in [1.165, 1.54) is 6.07 Å². The van der Waals surface area contributed by atoms with Gasteiger partial charge in [-0.05, 0) is 37.8 Å². The Morgan fingerprint density at radius 3 is 2.71 bits per heavy atom. The topological polar surface area (TPSA) is 20.3 Å². The van der Waals surface area contributed by atoms with Crippen LogP contribution in [0.4, 0.5) is 4.39 Å². The third kappa shape index (κ3) is 3.05. The number of nitrogens with zero attached hydrogens (tertiary/aromatic N) is 1. The maximum Gasteiger partial charge on any atom is 0.223 e. The number of hydrogen-bond donors (Lipinski definition) is 0. The molecule has 1 fully saturated rings. The van der Waals surface area contributed by atoms with Crippen LogP contribution in [0, 0.1) is 5.82 Å². The van der Waals surface area contributed by atoms with E-state index < -0.39 is 0 Å². The van der Waals surface area contributed by atoms with E-state index in [1.54, 1.807) is 18.2 Å². The van der Waals surface area contributed by atoms with Crippen molar-refractivity contribution in [1.82, 2.24) is 4.90 Å². The number of benzene rings is 1. The molecule has 0 N–H and O–H groups in total. The van der Waals surface area contributed by atoms with Crippen LogP contribution < -0.4 is 0 Å². The molecule has 2 rings (SSSR count). The third-order valence-electron chi connectivity index (χ3n) is 3.21. The fourth-order valence-corrected chi connectivity index (χ4v) is 2.11. The molecule has 2 nitrogen and oxygen atoms in total. The molecule has 0 aromatic heterocycles. The minimum absolute atomic E-state index is 0.151. The van der Waals surface area contributed by atoms with Crippen LogP contribution in [0.1, 0.15) is 31.7 Å². The summed E-state index contributed by atoms with van der Waals surface area (Å²) in [7, 11) is 0. The van der Waals surface area contributed by atoms with E-state index in [2.05, 4.69) is 0 Å². The molecule has 0 spiro atoms. The molecule has 0 aliphatic heterocycles. The molecule has 1 aliphatic rings. The van der Waals surface area contributed by atoms with Crippen LogP contribution in [0.15, 0.2) is 24.3 Å². The number of aryl methyl sites for hydroxylation is 1. The van der Waals surface area contributed by atoms with Crippen molar-refractivity contribution in [2.24, 2.45) is 0 Å². The lowest BCUT2D eigenvalue weighted by Gasteiger charge is -2.20. The molecule has 0 heterocycles. The molecule has 0 radical (unpaired) electrons. The summed E-state index contributed by atoms with van der Waals surface area (Å²) in [5, 5.41) is 0. The second-order valence-electron chi connectivity index (χ2n) is 4.50. The summed E-state index contributed by atoms with van der Waals surface area (Å²) in [6, 6.07) is 7.12. The Morgan fingerprint density at radius 2 is 2.12 bits per heavy atom. The SMILES string of the molecule is CCN(C(=O)CCc1ccccc1F)C1CC1. The van der Waals surface area contributed by atoms with Crippen LogP contribution in [-0.4, -0.2) is 23.4 Å². The van der Waals surface area contributed by atoms with E-state index in [0.29, 0.717) is 24.4 Å². The van der Waals surface area contributed by atoms with E-state index in [1.807, 2.05) is 11.8 Å². The average Bonchev–Trinajstić information content (AvgIpc) is 3.13. The Bertz CT molecular complexity index is 401. The summed E-state index contributed by atoms with van der Waals surface area (Å²) >= 11 is 0. The van der Waals surface area contributed by atoms with Crippen LogP contribution >= 0.6 is 0 Å². The second-order valence-corrected chi connectivity index (χ2v) is 4.50. The Kier molecular flexibility index (Phi) is 3.77. The lowest BCUT2D eigenvalue weighted by molar-refractivity contribution is -0.131. The highest BCUT2D eigenvalue weighted by atomic mass is 19.1. The quantitative estimate of drug-likeness (QED) is 0.768. The molecule has 0 atom stereocenters. The van der Waals surface area contributed by atoms with Gasteiger partial charge in [-0.1, -0.05) is 18.2 Å². The maximum absolute atomic E-state index is 13.4. The van der Waals surface area contributed by atoms with Gasteiger partial charge in [0.2, 0.25) is 5.91 Å². The van der Waals surface area contributed by atoms with Crippen LogP contribution in [0.2, 0.25) is 0 Å². The van der Waals surface area contributed by atoms with Gasteiger partial charge in [-0.3, -0.25) is 4.79 Å². The predicted molar refractivity (Wildman–Crippen MR) is 65.1 cm³/mol. The van der Waals surface area contributed by atoms with Crippen molar-refractivity contribution in [3.05, 3.63) is 35.6 Å². The van der Waals surface area contributed by atoms with Crippen LogP contribution in [0.5, 0.6) is 0 Å². The molecule has 1 saturated carbocycles. The van der Waals surface area contributed by atoms with Gasteiger partial charge in [0.1, 0.15) is 5.82 Å². The summed E-state index contributed by atoms with van der Waals surface area (Å²) in [6.45, 7) is 2.76. The number of halogens is 1. The Labute approximate surface area is 101 Å². The number of carbonyl (C=O) groups is 1. The second kappa shape index (κ2) is 5.30. The van der Waals surface area contributed by atoms with Crippen molar-refractivity contribution >= 4 is 5.91 Å². The van der Waals surface area contributed by atoms with Gasteiger partial charge >= 0.3 is 0 Å². The Hall–Kier alpha value is -1.38. The van der Waals surface area contributed by atoms with Gasteiger partial charge in [0.25, 0.3) is 0 Å². The average molecular weight is 235 g/mol. The van der Waals surface area contributed by atoms with E-state index in [0.717, 1.165) is 19.4 Å². The van der Waals surface area contributed by atoms with Gasteiger partial charge in [-0.25, -0.2) is 4.39 Å². The standard InChI is InChI=1S/C14H18FNO/c1-2-16(12-8-9-12)14(17)10-7-11-5-3-4-6-13(11)15/h3-6,12H,2,7-10H2,1H3. The van der Waals surface area contributed by atoms with Crippen molar-refractivity contribution in [3.63, 3.8) is 0 Å². The number of amides is 1. The van der Waals surface area contributed by atoms with Gasteiger partial charge in [0.15, 0.2) is 0 Å². The molecule has 0 saturated heterocycles. The Balaban J connectivity index is 1.89. The van der Waals surface area contributed by atoms with Crippen molar-refractivity contribution in [3.8, 4) is 0 Å². The zero-order valence-electron chi connectivity index (χ0n) is 10.2. The zero-order valence-corrected chi connectivity index (χ0v) is 10.2. The normalized spacial score (nSPS) is 14.7. The van der Waals surface area contributed by atoms with Gasteiger partial charge in [0, 0.05) is 19.0 Å². The first-order chi connectivity index (χ1) is 8.22. The van der Waals surface area contributed by atoms with Crippen LogP contribution in [0.3, 0.4) is 0 Å². The Morgan fingerprint density at radius 1 is 1.41 bits per heavy atom. The van der Waals surface area contributed by atoms with Gasteiger partial charge < -0.3 is 4.90 Å². The van der Waals surface area contributed by atoms with Crippen LogP contribution in [0.25, 0.3) is 0 Å². The minimum Gasteiger partial charge on any atom is -0.340 e. The summed E-state index contributed by atoms with van der Waals surface area (Å²) in [4.78, 5) is 13.9. The van der Waals surface area contributed by atoms with Gasteiger partial charge in [-0.2, -0.15) is 0 Å². The first-order valence-electron chi connectivity index (χ1n) is 6.25. The zero-order chi connectivity index (χ0) is 12.3. The molecule has 0 bridgehead atoms. The fraction of sp³-hybridized carbons (Fsp3) is 0.500. The van der Waals surface area contributed by atoms with E-state index >= 15 is 0 Å². The molecular weight excluding hydrogens is 217 g/mol. The molecule has 1 aromatic carbocycles. The fourth-order valence-electron chi connectivity index (χ4n) is 2.11. The lowest BCUT2D eigenvalue weighted by atomic mass is 10.1. The lowest BCUT2D eigenvalue weighted by Crippen LogP contribution is -2.32. The summed E-state index contributed by atoms with van der Waals surface area (Å²) in [6.07, 6.45) is 3.15. The molecule has 0 unspecified atom stereocenters. The summed E-state index contributed by atoms with van der Waals surface area (Å²) in [5.74, 6) is -0.0620. The third-order valence-corrected chi connectivity index (χ3v) is 3.21. The smallest absolute Gasteiger partial charge is 0.223 e. The van der Waals surface area contributed by atoms with Crippen molar-refractivity contribution in [2.45, 2.75) is 38.6 Å². The number of carbonyl (C=O) groups excluding carboxylic acids is 1. The molecule has 92 valence electrons.